The van der Waals surface area contributed by atoms with Crippen molar-refractivity contribution in [3.8, 4) is 0 Å². The first-order valence-electron chi connectivity index (χ1n) is 12.1. The molecule has 2 heterocycles. The van der Waals surface area contributed by atoms with E-state index in [9.17, 15) is 9.59 Å². The maximum Gasteiger partial charge on any atom is 0.265 e. The molecule has 1 saturated heterocycles. The fraction of sp³-hybridized carbons (Fsp3) is 0.357. The van der Waals surface area contributed by atoms with Crippen molar-refractivity contribution in [2.75, 3.05) is 29.9 Å². The van der Waals surface area contributed by atoms with E-state index in [2.05, 4.69) is 59.7 Å². The third-order valence-corrected chi connectivity index (χ3v) is 7.11. The van der Waals surface area contributed by atoms with E-state index < -0.39 is 0 Å². The fourth-order valence-corrected chi connectivity index (χ4v) is 5.01. The molecule has 4 rings (SSSR count). The van der Waals surface area contributed by atoms with Crippen LogP contribution in [0.5, 0.6) is 0 Å². The number of anilines is 2. The first kappa shape index (κ1) is 24.0. The normalized spacial score (nSPS) is 14.3. The summed E-state index contributed by atoms with van der Waals surface area (Å²) in [6, 6.07) is 20.0. The SMILES string of the molecule is CC(C)CNC(=O)c1cc(NC(=O)c2cccs2)ccc1N1CCC(Cc2ccccc2)CC1. The molecule has 0 spiro atoms. The molecule has 0 radical (unpaired) electrons. The highest BCUT2D eigenvalue weighted by atomic mass is 32.1. The molecule has 2 aromatic carbocycles. The molecule has 0 bridgehead atoms. The van der Waals surface area contributed by atoms with Gasteiger partial charge in [0, 0.05) is 31.0 Å². The number of piperidine rings is 1. The average Bonchev–Trinajstić information content (AvgIpc) is 3.39. The summed E-state index contributed by atoms with van der Waals surface area (Å²) in [6.45, 7) is 6.61. The monoisotopic (exact) mass is 475 g/mol. The summed E-state index contributed by atoms with van der Waals surface area (Å²) in [5.41, 5.74) is 3.58. The third-order valence-electron chi connectivity index (χ3n) is 6.24. The van der Waals surface area contributed by atoms with Gasteiger partial charge in [0.2, 0.25) is 0 Å². The highest BCUT2D eigenvalue weighted by Gasteiger charge is 2.24. The second-order valence-corrected chi connectivity index (χ2v) is 10.3. The fourth-order valence-electron chi connectivity index (χ4n) is 4.39. The minimum absolute atomic E-state index is 0.0951. The molecule has 1 aliphatic rings. The molecule has 5 nitrogen and oxygen atoms in total. The van der Waals surface area contributed by atoms with Crippen molar-refractivity contribution in [2.45, 2.75) is 33.1 Å². The van der Waals surface area contributed by atoms with Gasteiger partial charge < -0.3 is 15.5 Å². The number of carbonyl (C=O) groups excluding carboxylic acids is 2. The summed E-state index contributed by atoms with van der Waals surface area (Å²) in [7, 11) is 0. The largest absolute Gasteiger partial charge is 0.371 e. The number of rotatable bonds is 8. The summed E-state index contributed by atoms with van der Waals surface area (Å²) in [4.78, 5) is 28.6. The smallest absolute Gasteiger partial charge is 0.265 e. The Balaban J connectivity index is 1.48. The predicted octanol–water partition coefficient (Wildman–Crippen LogP) is 5.85. The van der Waals surface area contributed by atoms with Gasteiger partial charge in [-0.3, -0.25) is 9.59 Å². The maximum atomic E-state index is 13.1. The first-order valence-corrected chi connectivity index (χ1v) is 12.9. The molecule has 6 heteroatoms. The van der Waals surface area contributed by atoms with E-state index in [1.807, 2.05) is 29.6 Å². The van der Waals surface area contributed by atoms with E-state index in [1.54, 1.807) is 6.07 Å². The van der Waals surface area contributed by atoms with E-state index in [4.69, 9.17) is 0 Å². The van der Waals surface area contributed by atoms with E-state index in [0.717, 1.165) is 38.0 Å². The first-order chi connectivity index (χ1) is 16.5. The van der Waals surface area contributed by atoms with Crippen molar-refractivity contribution in [3.05, 3.63) is 82.0 Å². The van der Waals surface area contributed by atoms with Gasteiger partial charge >= 0.3 is 0 Å². The number of thiophene rings is 1. The number of carbonyl (C=O) groups is 2. The lowest BCUT2D eigenvalue weighted by atomic mass is 9.89. The lowest BCUT2D eigenvalue weighted by Crippen LogP contribution is -2.36. The molecule has 0 unspecified atom stereocenters. The topological polar surface area (TPSA) is 61.4 Å². The second kappa shape index (κ2) is 11.3. The lowest BCUT2D eigenvalue weighted by Gasteiger charge is -2.35. The molecule has 2 N–H and O–H groups in total. The van der Waals surface area contributed by atoms with Crippen molar-refractivity contribution in [2.24, 2.45) is 11.8 Å². The Morgan fingerprint density at radius 3 is 2.44 bits per heavy atom. The van der Waals surface area contributed by atoms with E-state index in [1.165, 1.54) is 16.9 Å². The number of hydrogen-bond acceptors (Lipinski definition) is 4. The minimum atomic E-state index is -0.155. The molecule has 0 atom stereocenters. The van der Waals surface area contributed by atoms with Crippen LogP contribution in [0.15, 0.2) is 66.0 Å². The van der Waals surface area contributed by atoms with E-state index >= 15 is 0 Å². The zero-order chi connectivity index (χ0) is 23.9. The van der Waals surface area contributed by atoms with Crippen molar-refractivity contribution in [1.82, 2.24) is 5.32 Å². The van der Waals surface area contributed by atoms with Crippen LogP contribution >= 0.6 is 11.3 Å². The van der Waals surface area contributed by atoms with Crippen molar-refractivity contribution >= 4 is 34.5 Å². The van der Waals surface area contributed by atoms with Crippen LogP contribution in [-0.2, 0) is 6.42 Å². The van der Waals surface area contributed by atoms with Crippen LogP contribution in [0.4, 0.5) is 11.4 Å². The Labute approximate surface area is 206 Å². The van der Waals surface area contributed by atoms with Gasteiger partial charge in [0.1, 0.15) is 0 Å². The van der Waals surface area contributed by atoms with Crippen LogP contribution in [-0.4, -0.2) is 31.4 Å². The maximum absolute atomic E-state index is 13.1. The zero-order valence-electron chi connectivity index (χ0n) is 19.9. The van der Waals surface area contributed by atoms with Crippen molar-refractivity contribution in [1.29, 1.82) is 0 Å². The lowest BCUT2D eigenvalue weighted by molar-refractivity contribution is 0.0948. The molecule has 34 heavy (non-hydrogen) atoms. The number of nitrogens with one attached hydrogen (secondary N) is 2. The van der Waals surface area contributed by atoms with Crippen LogP contribution in [0.2, 0.25) is 0 Å². The second-order valence-electron chi connectivity index (χ2n) is 9.39. The molecule has 1 fully saturated rings. The number of amides is 2. The summed E-state index contributed by atoms with van der Waals surface area (Å²) in [5.74, 6) is 0.768. The van der Waals surface area contributed by atoms with Gasteiger partial charge in [-0.15, -0.1) is 11.3 Å². The Hall–Kier alpha value is -3.12. The Morgan fingerprint density at radius 1 is 1.00 bits per heavy atom. The van der Waals surface area contributed by atoms with Gasteiger partial charge in [-0.2, -0.15) is 0 Å². The van der Waals surface area contributed by atoms with Gasteiger partial charge in [0.25, 0.3) is 11.8 Å². The molecule has 3 aromatic rings. The Bertz CT molecular complexity index is 1090. The van der Waals surface area contributed by atoms with Crippen LogP contribution < -0.4 is 15.5 Å². The Kier molecular flexibility index (Phi) is 8.01. The summed E-state index contributed by atoms with van der Waals surface area (Å²) < 4.78 is 0. The van der Waals surface area contributed by atoms with Crippen LogP contribution in [0.3, 0.4) is 0 Å². The standard InChI is InChI=1S/C28H33N3O2S/c1-20(2)19-29-27(32)24-18-23(30-28(33)26-9-6-16-34-26)10-11-25(24)31-14-12-22(13-15-31)17-21-7-4-3-5-8-21/h3-11,16,18,20,22H,12-15,17,19H2,1-2H3,(H,29,32)(H,30,33). The van der Waals surface area contributed by atoms with Crippen LogP contribution in [0, 0.1) is 11.8 Å². The van der Waals surface area contributed by atoms with Gasteiger partial charge in [-0.25, -0.2) is 0 Å². The third kappa shape index (κ3) is 6.26. The van der Waals surface area contributed by atoms with E-state index in [-0.39, 0.29) is 11.8 Å². The van der Waals surface area contributed by atoms with Crippen LogP contribution in [0.25, 0.3) is 0 Å². The summed E-state index contributed by atoms with van der Waals surface area (Å²) >= 11 is 1.40. The van der Waals surface area contributed by atoms with Crippen molar-refractivity contribution in [3.63, 3.8) is 0 Å². The summed E-state index contributed by atoms with van der Waals surface area (Å²) in [6.07, 6.45) is 3.29. The summed E-state index contributed by atoms with van der Waals surface area (Å²) in [5, 5.41) is 7.87. The van der Waals surface area contributed by atoms with Gasteiger partial charge in [0.05, 0.1) is 10.4 Å². The predicted molar refractivity (Wildman–Crippen MR) is 141 cm³/mol. The van der Waals surface area contributed by atoms with Crippen LogP contribution in [0.1, 0.15) is 52.3 Å². The molecular weight excluding hydrogens is 442 g/mol. The molecule has 0 saturated carbocycles. The van der Waals surface area contributed by atoms with E-state index in [0.29, 0.717) is 34.5 Å². The van der Waals surface area contributed by atoms with Gasteiger partial charge in [0.15, 0.2) is 0 Å². The molecule has 0 aliphatic carbocycles. The molecule has 1 aliphatic heterocycles. The Morgan fingerprint density at radius 2 is 1.76 bits per heavy atom. The van der Waals surface area contributed by atoms with Gasteiger partial charge in [-0.1, -0.05) is 50.2 Å². The zero-order valence-corrected chi connectivity index (χ0v) is 20.7. The molecular formula is C28H33N3O2S. The number of benzene rings is 2. The number of nitrogens with zero attached hydrogens (tertiary/aromatic N) is 1. The quantitative estimate of drug-likeness (QED) is 0.430. The van der Waals surface area contributed by atoms with Crippen molar-refractivity contribution < 1.29 is 9.59 Å². The highest BCUT2D eigenvalue weighted by Crippen LogP contribution is 2.30. The highest BCUT2D eigenvalue weighted by molar-refractivity contribution is 7.12. The molecule has 1 aromatic heterocycles. The molecule has 178 valence electrons. The minimum Gasteiger partial charge on any atom is -0.371 e. The molecule has 2 amide bonds. The average molecular weight is 476 g/mol. The number of hydrogen-bond donors (Lipinski definition) is 2. The van der Waals surface area contributed by atoms with Gasteiger partial charge in [-0.05, 0) is 66.3 Å².